The Morgan fingerprint density at radius 1 is 1.12 bits per heavy atom. The Morgan fingerprint density at radius 3 is 2.40 bits per heavy atom. The molecule has 0 aliphatic rings. The number of nitrogens with zero attached hydrogens (tertiary/aromatic N) is 1. The van der Waals surface area contributed by atoms with Crippen LogP contribution in [-0.4, -0.2) is 10.9 Å². The molecular weight excluding hydrogens is 331 g/mol. The third-order valence-electron chi connectivity index (χ3n) is 3.85. The normalized spacial score (nSPS) is 11.4. The summed E-state index contributed by atoms with van der Waals surface area (Å²) < 4.78 is 38.2. The second-order valence-electron chi connectivity index (χ2n) is 5.64. The third kappa shape index (κ3) is 5.20. The van der Waals surface area contributed by atoms with Gasteiger partial charge in [0.1, 0.15) is 5.82 Å². The van der Waals surface area contributed by atoms with Crippen molar-refractivity contribution >= 4 is 23.1 Å². The molecule has 0 aliphatic carbocycles. The lowest BCUT2D eigenvalue weighted by molar-refractivity contribution is -0.137. The number of rotatable bonds is 6. The number of aromatic nitrogens is 1. The molecule has 25 heavy (non-hydrogen) atoms. The molecule has 7 heteroatoms. The van der Waals surface area contributed by atoms with Crippen LogP contribution in [0, 0.1) is 5.92 Å². The standard InChI is InChI=1S/C18H20F3N3O/c1-3-12(4-2)17(25)24-16-9-8-15(11-22-16)23-14-7-5-6-13(10-14)18(19,20)21/h5-12,23H,3-4H2,1-2H3,(H,22,24,25). The molecule has 1 aromatic carbocycles. The number of carbonyl (C=O) groups excluding carboxylic acids is 1. The first kappa shape index (κ1) is 18.8. The zero-order valence-corrected chi connectivity index (χ0v) is 14.0. The Kier molecular flexibility index (Phi) is 6.01. The van der Waals surface area contributed by atoms with Crippen molar-refractivity contribution < 1.29 is 18.0 Å². The van der Waals surface area contributed by atoms with E-state index in [2.05, 4.69) is 15.6 Å². The average molecular weight is 351 g/mol. The van der Waals surface area contributed by atoms with Gasteiger partial charge in [0.15, 0.2) is 0 Å². The van der Waals surface area contributed by atoms with E-state index in [1.54, 1.807) is 12.1 Å². The van der Waals surface area contributed by atoms with Gasteiger partial charge in [-0.2, -0.15) is 13.2 Å². The lowest BCUT2D eigenvalue weighted by Crippen LogP contribution is -2.22. The number of hydrogen-bond donors (Lipinski definition) is 2. The molecule has 0 radical (unpaired) electrons. The number of pyridine rings is 1. The second-order valence-corrected chi connectivity index (χ2v) is 5.64. The number of carbonyl (C=O) groups is 1. The minimum Gasteiger partial charge on any atom is -0.354 e. The number of hydrogen-bond acceptors (Lipinski definition) is 3. The Morgan fingerprint density at radius 2 is 1.84 bits per heavy atom. The summed E-state index contributed by atoms with van der Waals surface area (Å²) in [6.45, 7) is 3.90. The highest BCUT2D eigenvalue weighted by Crippen LogP contribution is 2.31. The van der Waals surface area contributed by atoms with Gasteiger partial charge in [-0.15, -0.1) is 0 Å². The molecule has 4 nitrogen and oxygen atoms in total. The maximum absolute atomic E-state index is 12.7. The zero-order chi connectivity index (χ0) is 18.4. The van der Waals surface area contributed by atoms with Crippen LogP contribution in [-0.2, 0) is 11.0 Å². The highest BCUT2D eigenvalue weighted by Gasteiger charge is 2.30. The molecule has 1 amide bonds. The first-order valence-electron chi connectivity index (χ1n) is 8.04. The van der Waals surface area contributed by atoms with Gasteiger partial charge in [-0.3, -0.25) is 4.79 Å². The molecule has 0 unspecified atom stereocenters. The van der Waals surface area contributed by atoms with Crippen molar-refractivity contribution in [1.29, 1.82) is 0 Å². The van der Waals surface area contributed by atoms with Crippen LogP contribution >= 0.6 is 0 Å². The Labute approximate surface area is 144 Å². The van der Waals surface area contributed by atoms with Crippen LogP contribution in [0.5, 0.6) is 0 Å². The molecule has 2 aromatic rings. The van der Waals surface area contributed by atoms with E-state index >= 15 is 0 Å². The quantitative estimate of drug-likeness (QED) is 0.750. The maximum atomic E-state index is 12.7. The smallest absolute Gasteiger partial charge is 0.354 e. The fourth-order valence-electron chi connectivity index (χ4n) is 2.37. The summed E-state index contributed by atoms with van der Waals surface area (Å²) in [5, 5.41) is 5.60. The summed E-state index contributed by atoms with van der Waals surface area (Å²) in [5.41, 5.74) is 0.116. The topological polar surface area (TPSA) is 54.0 Å². The Hall–Kier alpha value is -2.57. The highest BCUT2D eigenvalue weighted by atomic mass is 19.4. The van der Waals surface area contributed by atoms with Gasteiger partial charge in [0.05, 0.1) is 17.4 Å². The molecule has 0 spiro atoms. The van der Waals surface area contributed by atoms with Crippen LogP contribution in [0.15, 0.2) is 42.6 Å². The number of benzene rings is 1. The van der Waals surface area contributed by atoms with E-state index in [0.717, 1.165) is 25.0 Å². The monoisotopic (exact) mass is 351 g/mol. The van der Waals surface area contributed by atoms with E-state index in [1.165, 1.54) is 18.3 Å². The van der Waals surface area contributed by atoms with Crippen molar-refractivity contribution in [3.05, 3.63) is 48.2 Å². The maximum Gasteiger partial charge on any atom is 0.416 e. The molecule has 2 N–H and O–H groups in total. The van der Waals surface area contributed by atoms with Crippen LogP contribution in [0.25, 0.3) is 0 Å². The van der Waals surface area contributed by atoms with Gasteiger partial charge in [0.25, 0.3) is 0 Å². The molecule has 0 fully saturated rings. The van der Waals surface area contributed by atoms with E-state index in [9.17, 15) is 18.0 Å². The minimum atomic E-state index is -4.39. The lowest BCUT2D eigenvalue weighted by atomic mass is 10.0. The lowest BCUT2D eigenvalue weighted by Gasteiger charge is -2.13. The number of halogens is 3. The van der Waals surface area contributed by atoms with Gasteiger partial charge in [-0.25, -0.2) is 4.98 Å². The molecule has 0 bridgehead atoms. The summed E-state index contributed by atoms with van der Waals surface area (Å²) in [6, 6.07) is 8.18. The van der Waals surface area contributed by atoms with Crippen molar-refractivity contribution in [2.24, 2.45) is 5.92 Å². The van der Waals surface area contributed by atoms with Crippen molar-refractivity contribution in [3.63, 3.8) is 0 Å². The van der Waals surface area contributed by atoms with Crippen LogP contribution in [0.1, 0.15) is 32.3 Å². The molecule has 1 heterocycles. The average Bonchev–Trinajstić information content (AvgIpc) is 2.57. The first-order valence-corrected chi connectivity index (χ1v) is 8.04. The first-order chi connectivity index (χ1) is 11.8. The molecule has 134 valence electrons. The molecular formula is C18H20F3N3O. The van der Waals surface area contributed by atoms with Gasteiger partial charge in [0, 0.05) is 11.6 Å². The summed E-state index contributed by atoms with van der Waals surface area (Å²) in [7, 11) is 0. The van der Waals surface area contributed by atoms with Crippen LogP contribution in [0.3, 0.4) is 0 Å². The zero-order valence-electron chi connectivity index (χ0n) is 14.0. The van der Waals surface area contributed by atoms with Crippen molar-refractivity contribution in [2.75, 3.05) is 10.6 Å². The van der Waals surface area contributed by atoms with Crippen LogP contribution < -0.4 is 10.6 Å². The fourth-order valence-corrected chi connectivity index (χ4v) is 2.37. The highest BCUT2D eigenvalue weighted by molar-refractivity contribution is 5.91. The van der Waals surface area contributed by atoms with Gasteiger partial charge in [0.2, 0.25) is 5.91 Å². The minimum absolute atomic E-state index is 0.0651. The third-order valence-corrected chi connectivity index (χ3v) is 3.85. The number of anilines is 3. The summed E-state index contributed by atoms with van der Waals surface area (Å²) in [6.07, 6.45) is -1.43. The summed E-state index contributed by atoms with van der Waals surface area (Å²) in [5.74, 6) is 0.257. The van der Waals surface area contributed by atoms with E-state index in [-0.39, 0.29) is 11.8 Å². The van der Waals surface area contributed by atoms with Crippen molar-refractivity contribution in [3.8, 4) is 0 Å². The molecule has 0 saturated carbocycles. The number of amides is 1. The van der Waals surface area contributed by atoms with Crippen LogP contribution in [0.4, 0.5) is 30.4 Å². The van der Waals surface area contributed by atoms with Crippen molar-refractivity contribution in [1.82, 2.24) is 4.98 Å². The molecule has 0 saturated heterocycles. The van der Waals surface area contributed by atoms with Crippen molar-refractivity contribution in [2.45, 2.75) is 32.9 Å². The Bertz CT molecular complexity index is 710. The predicted octanol–water partition coefficient (Wildman–Crippen LogP) is 5.22. The van der Waals surface area contributed by atoms with E-state index in [1.807, 2.05) is 13.8 Å². The SMILES string of the molecule is CCC(CC)C(=O)Nc1ccc(Nc2cccc(C(F)(F)F)c2)cn1. The predicted molar refractivity (Wildman–Crippen MR) is 91.7 cm³/mol. The molecule has 1 aromatic heterocycles. The number of nitrogens with one attached hydrogen (secondary N) is 2. The largest absolute Gasteiger partial charge is 0.416 e. The van der Waals surface area contributed by atoms with Gasteiger partial charge >= 0.3 is 6.18 Å². The summed E-state index contributed by atoms with van der Waals surface area (Å²) in [4.78, 5) is 16.1. The molecule has 0 atom stereocenters. The Balaban J connectivity index is 2.05. The fraction of sp³-hybridized carbons (Fsp3) is 0.333. The number of alkyl halides is 3. The van der Waals surface area contributed by atoms with E-state index in [0.29, 0.717) is 17.2 Å². The van der Waals surface area contributed by atoms with Gasteiger partial charge < -0.3 is 10.6 Å². The van der Waals surface area contributed by atoms with Gasteiger partial charge in [-0.05, 0) is 43.2 Å². The molecule has 0 aliphatic heterocycles. The molecule has 2 rings (SSSR count). The second kappa shape index (κ2) is 8.00. The van der Waals surface area contributed by atoms with E-state index < -0.39 is 11.7 Å². The van der Waals surface area contributed by atoms with Crippen LogP contribution in [0.2, 0.25) is 0 Å². The summed E-state index contributed by atoms with van der Waals surface area (Å²) >= 11 is 0. The van der Waals surface area contributed by atoms with E-state index in [4.69, 9.17) is 0 Å². The van der Waals surface area contributed by atoms with Gasteiger partial charge in [-0.1, -0.05) is 19.9 Å².